The highest BCUT2D eigenvalue weighted by Gasteiger charge is 2.22. The van der Waals surface area contributed by atoms with Gasteiger partial charge in [-0.05, 0) is 19.8 Å². The molecule has 1 aliphatic rings. The Morgan fingerprint density at radius 1 is 1.12 bits per heavy atom. The molecule has 0 radical (unpaired) electrons. The summed E-state index contributed by atoms with van der Waals surface area (Å²) in [6.07, 6.45) is 2.54. The van der Waals surface area contributed by atoms with E-state index in [1.165, 1.54) is 12.8 Å². The molecular formula is C12H26N2O2. The van der Waals surface area contributed by atoms with Gasteiger partial charge in [-0.15, -0.1) is 0 Å². The number of hydrogen-bond acceptors (Lipinski definition) is 4. The average Bonchev–Trinajstić information content (AvgIpc) is 2.31. The van der Waals surface area contributed by atoms with Crippen LogP contribution >= 0.6 is 0 Å². The maximum atomic E-state index is 5.16. The molecule has 0 spiro atoms. The maximum Gasteiger partial charge on any atom is 0.0589 e. The normalized spacial score (nSPS) is 26.2. The van der Waals surface area contributed by atoms with Crippen LogP contribution in [0.15, 0.2) is 0 Å². The average molecular weight is 230 g/mol. The summed E-state index contributed by atoms with van der Waals surface area (Å²) in [5.74, 6) is 0. The molecule has 16 heavy (non-hydrogen) atoms. The van der Waals surface area contributed by atoms with E-state index in [9.17, 15) is 0 Å². The number of nitrogens with zero attached hydrogens (tertiary/aromatic N) is 1. The Hall–Kier alpha value is -0.160. The molecule has 1 fully saturated rings. The fourth-order valence-electron chi connectivity index (χ4n) is 2.19. The van der Waals surface area contributed by atoms with Crippen LogP contribution in [-0.4, -0.2) is 64.1 Å². The molecule has 4 heteroatoms. The third-order valence-electron chi connectivity index (χ3n) is 3.32. The zero-order valence-corrected chi connectivity index (χ0v) is 10.9. The topological polar surface area (TPSA) is 33.7 Å². The van der Waals surface area contributed by atoms with Gasteiger partial charge in [-0.1, -0.05) is 0 Å². The van der Waals surface area contributed by atoms with Gasteiger partial charge in [-0.25, -0.2) is 0 Å². The van der Waals surface area contributed by atoms with Crippen LogP contribution in [0.25, 0.3) is 0 Å². The van der Waals surface area contributed by atoms with Crippen LogP contribution in [0.2, 0.25) is 0 Å². The molecule has 1 saturated heterocycles. The third-order valence-corrected chi connectivity index (χ3v) is 3.32. The van der Waals surface area contributed by atoms with E-state index in [2.05, 4.69) is 17.1 Å². The van der Waals surface area contributed by atoms with E-state index in [0.717, 1.165) is 32.8 Å². The molecule has 0 bridgehead atoms. The molecule has 1 heterocycles. The lowest BCUT2D eigenvalue weighted by molar-refractivity contribution is 0.0746. The van der Waals surface area contributed by atoms with Crippen LogP contribution < -0.4 is 5.32 Å². The van der Waals surface area contributed by atoms with Crippen LogP contribution in [-0.2, 0) is 9.47 Å². The van der Waals surface area contributed by atoms with Crippen molar-refractivity contribution < 1.29 is 9.47 Å². The Balaban J connectivity index is 2.34. The van der Waals surface area contributed by atoms with Gasteiger partial charge in [0.2, 0.25) is 0 Å². The van der Waals surface area contributed by atoms with E-state index in [-0.39, 0.29) is 0 Å². The summed E-state index contributed by atoms with van der Waals surface area (Å²) in [7, 11) is 3.52. The van der Waals surface area contributed by atoms with Crippen LogP contribution in [0.5, 0.6) is 0 Å². The first kappa shape index (κ1) is 13.9. The fourth-order valence-corrected chi connectivity index (χ4v) is 2.19. The minimum absolute atomic E-state index is 0.640. The van der Waals surface area contributed by atoms with Crippen LogP contribution in [0.4, 0.5) is 0 Å². The molecule has 0 aromatic rings. The summed E-state index contributed by atoms with van der Waals surface area (Å²) in [6.45, 7) is 6.95. The Labute approximate surface area is 99.3 Å². The van der Waals surface area contributed by atoms with Gasteiger partial charge in [-0.3, -0.25) is 4.90 Å². The summed E-state index contributed by atoms with van der Waals surface area (Å²) >= 11 is 0. The number of piperidine rings is 1. The standard InChI is InChI=1S/C12H26N2O2/c1-11-4-5-12(10-13-11)14(6-8-15-2)7-9-16-3/h11-13H,4-10H2,1-3H3. The van der Waals surface area contributed by atoms with Crippen molar-refractivity contribution in [3.05, 3.63) is 0 Å². The first-order chi connectivity index (χ1) is 7.77. The van der Waals surface area contributed by atoms with E-state index >= 15 is 0 Å². The van der Waals surface area contributed by atoms with Gasteiger partial charge in [0.15, 0.2) is 0 Å². The van der Waals surface area contributed by atoms with Gasteiger partial charge in [0.1, 0.15) is 0 Å². The lowest BCUT2D eigenvalue weighted by Crippen LogP contribution is -2.50. The summed E-state index contributed by atoms with van der Waals surface area (Å²) < 4.78 is 10.3. The molecule has 2 unspecified atom stereocenters. The number of methoxy groups -OCH3 is 2. The van der Waals surface area contributed by atoms with Gasteiger partial charge in [0, 0.05) is 45.9 Å². The first-order valence-electron chi connectivity index (χ1n) is 6.23. The van der Waals surface area contributed by atoms with Crippen molar-refractivity contribution >= 4 is 0 Å². The van der Waals surface area contributed by atoms with Gasteiger partial charge < -0.3 is 14.8 Å². The lowest BCUT2D eigenvalue weighted by Gasteiger charge is -2.36. The van der Waals surface area contributed by atoms with Crippen molar-refractivity contribution in [2.24, 2.45) is 0 Å². The Bertz CT molecular complexity index is 162. The highest BCUT2D eigenvalue weighted by atomic mass is 16.5. The number of ether oxygens (including phenoxy) is 2. The number of hydrogen-bond donors (Lipinski definition) is 1. The van der Waals surface area contributed by atoms with E-state index in [4.69, 9.17) is 9.47 Å². The SMILES string of the molecule is COCCN(CCOC)C1CCC(C)NC1. The highest BCUT2D eigenvalue weighted by molar-refractivity contribution is 4.82. The lowest BCUT2D eigenvalue weighted by atomic mass is 10.0. The highest BCUT2D eigenvalue weighted by Crippen LogP contribution is 2.13. The number of nitrogens with one attached hydrogen (secondary N) is 1. The summed E-state index contributed by atoms with van der Waals surface area (Å²) in [5.41, 5.74) is 0. The second-order valence-corrected chi connectivity index (χ2v) is 4.56. The predicted molar refractivity (Wildman–Crippen MR) is 65.8 cm³/mol. The van der Waals surface area contributed by atoms with Gasteiger partial charge in [-0.2, -0.15) is 0 Å². The Morgan fingerprint density at radius 3 is 2.19 bits per heavy atom. The third kappa shape index (κ3) is 4.78. The van der Waals surface area contributed by atoms with E-state index < -0.39 is 0 Å². The van der Waals surface area contributed by atoms with Crippen LogP contribution in [0.3, 0.4) is 0 Å². The fraction of sp³-hybridized carbons (Fsp3) is 1.00. The minimum atomic E-state index is 0.640. The summed E-state index contributed by atoms with van der Waals surface area (Å²) in [4.78, 5) is 2.48. The summed E-state index contributed by atoms with van der Waals surface area (Å²) in [6, 6.07) is 1.31. The molecule has 96 valence electrons. The van der Waals surface area contributed by atoms with Crippen molar-refractivity contribution in [3.63, 3.8) is 0 Å². The monoisotopic (exact) mass is 230 g/mol. The molecule has 0 amide bonds. The molecule has 0 saturated carbocycles. The molecule has 2 atom stereocenters. The van der Waals surface area contributed by atoms with Gasteiger partial charge in [0.05, 0.1) is 13.2 Å². The van der Waals surface area contributed by atoms with Gasteiger partial charge in [0.25, 0.3) is 0 Å². The second kappa shape index (κ2) is 8.01. The molecule has 0 aromatic carbocycles. The van der Waals surface area contributed by atoms with Crippen molar-refractivity contribution in [3.8, 4) is 0 Å². The van der Waals surface area contributed by atoms with Crippen LogP contribution in [0, 0.1) is 0 Å². The van der Waals surface area contributed by atoms with Crippen molar-refractivity contribution in [2.75, 3.05) is 47.1 Å². The van der Waals surface area contributed by atoms with E-state index in [1.54, 1.807) is 14.2 Å². The smallest absolute Gasteiger partial charge is 0.0589 e. The number of rotatable bonds is 7. The largest absolute Gasteiger partial charge is 0.383 e. The molecule has 1 N–H and O–H groups in total. The Morgan fingerprint density at radius 2 is 1.75 bits per heavy atom. The minimum Gasteiger partial charge on any atom is -0.383 e. The van der Waals surface area contributed by atoms with Crippen molar-refractivity contribution in [2.45, 2.75) is 31.8 Å². The van der Waals surface area contributed by atoms with Crippen molar-refractivity contribution in [1.82, 2.24) is 10.2 Å². The first-order valence-corrected chi connectivity index (χ1v) is 6.23. The van der Waals surface area contributed by atoms with E-state index in [1.807, 2.05) is 0 Å². The van der Waals surface area contributed by atoms with Gasteiger partial charge >= 0.3 is 0 Å². The molecule has 0 aliphatic carbocycles. The second-order valence-electron chi connectivity index (χ2n) is 4.56. The molecule has 4 nitrogen and oxygen atoms in total. The molecule has 1 aliphatic heterocycles. The summed E-state index contributed by atoms with van der Waals surface area (Å²) in [5, 5.41) is 3.54. The van der Waals surface area contributed by atoms with Crippen molar-refractivity contribution in [1.29, 1.82) is 0 Å². The molecule has 1 rings (SSSR count). The quantitative estimate of drug-likeness (QED) is 0.699. The Kier molecular flexibility index (Phi) is 6.96. The molecule has 0 aromatic heterocycles. The van der Waals surface area contributed by atoms with E-state index in [0.29, 0.717) is 12.1 Å². The predicted octanol–water partition coefficient (Wildman–Crippen LogP) is 0.722. The molecular weight excluding hydrogens is 204 g/mol. The zero-order valence-electron chi connectivity index (χ0n) is 10.9. The zero-order chi connectivity index (χ0) is 11.8. The maximum absolute atomic E-state index is 5.16. The van der Waals surface area contributed by atoms with Crippen LogP contribution in [0.1, 0.15) is 19.8 Å².